The van der Waals surface area contributed by atoms with Crippen molar-refractivity contribution in [2.75, 3.05) is 6.61 Å². The molecule has 0 aromatic heterocycles. The number of ether oxygens (including phenoxy) is 1. The largest absolute Gasteiger partial charge is 0.550 e. The molecule has 0 aromatic rings. The Balaban J connectivity index is 4.40. The quantitative estimate of drug-likeness (QED) is 0.305. The minimum absolute atomic E-state index is 0.114. The number of aliphatic carboxylic acids is 1. The smallest absolute Gasteiger partial charge is 0.316 e. The maximum Gasteiger partial charge on any atom is 0.316 e. The van der Waals surface area contributed by atoms with Gasteiger partial charge in [0.15, 0.2) is 0 Å². The molecule has 0 fully saturated rings. The van der Waals surface area contributed by atoms with E-state index in [0.717, 1.165) is 0 Å². The van der Waals surface area contributed by atoms with Gasteiger partial charge in [0.1, 0.15) is 12.2 Å². The minimum atomic E-state index is -1.44. The van der Waals surface area contributed by atoms with Gasteiger partial charge in [-0.05, 0) is 6.92 Å². The third kappa shape index (κ3) is 3.23. The molecule has 0 radical (unpaired) electrons. The van der Waals surface area contributed by atoms with E-state index in [2.05, 4.69) is 4.74 Å². The Kier molecular flexibility index (Phi) is 4.72. The molecular formula is C8H11O5-. The number of carbonyl (C=O) groups excluding carboxylic acids is 3. The topological polar surface area (TPSA) is 83.5 Å². The van der Waals surface area contributed by atoms with Gasteiger partial charge in [-0.3, -0.25) is 4.79 Å². The monoisotopic (exact) mass is 187 g/mol. The van der Waals surface area contributed by atoms with Crippen LogP contribution >= 0.6 is 0 Å². The van der Waals surface area contributed by atoms with Crippen molar-refractivity contribution in [2.45, 2.75) is 13.8 Å². The van der Waals surface area contributed by atoms with Crippen molar-refractivity contribution in [2.24, 2.45) is 11.8 Å². The molecule has 13 heavy (non-hydrogen) atoms. The van der Waals surface area contributed by atoms with Gasteiger partial charge in [0.2, 0.25) is 0 Å². The fourth-order valence-corrected chi connectivity index (χ4v) is 0.763. The molecule has 0 aromatic carbocycles. The average Bonchev–Trinajstić information content (AvgIpc) is 2.05. The number of hydrogen-bond donors (Lipinski definition) is 0. The lowest BCUT2D eigenvalue weighted by molar-refractivity contribution is -0.312. The molecule has 0 bridgehead atoms. The molecule has 2 atom stereocenters. The molecule has 74 valence electrons. The van der Waals surface area contributed by atoms with E-state index < -0.39 is 23.8 Å². The van der Waals surface area contributed by atoms with Crippen LogP contribution in [0.4, 0.5) is 0 Å². The molecule has 0 saturated heterocycles. The maximum atomic E-state index is 11.0. The van der Waals surface area contributed by atoms with Crippen LogP contribution in [0, 0.1) is 11.8 Å². The zero-order valence-electron chi connectivity index (χ0n) is 7.48. The number of rotatable bonds is 5. The summed E-state index contributed by atoms with van der Waals surface area (Å²) < 4.78 is 4.50. The van der Waals surface area contributed by atoms with Gasteiger partial charge in [0.25, 0.3) is 0 Å². The van der Waals surface area contributed by atoms with Gasteiger partial charge in [0.05, 0.1) is 6.61 Å². The second-order valence-electron chi connectivity index (χ2n) is 2.52. The Morgan fingerprint density at radius 3 is 2.38 bits per heavy atom. The van der Waals surface area contributed by atoms with Crippen molar-refractivity contribution in [3.63, 3.8) is 0 Å². The van der Waals surface area contributed by atoms with Crippen molar-refractivity contribution in [3.05, 3.63) is 0 Å². The van der Waals surface area contributed by atoms with Gasteiger partial charge in [-0.25, -0.2) is 0 Å². The first-order chi connectivity index (χ1) is 6.04. The number of aldehydes is 1. The lowest BCUT2D eigenvalue weighted by Gasteiger charge is -2.17. The fourth-order valence-electron chi connectivity index (χ4n) is 0.763. The van der Waals surface area contributed by atoms with Crippen molar-refractivity contribution >= 4 is 18.2 Å². The van der Waals surface area contributed by atoms with Gasteiger partial charge in [-0.2, -0.15) is 0 Å². The molecule has 0 saturated carbocycles. The molecule has 0 spiro atoms. The van der Waals surface area contributed by atoms with Crippen LogP contribution in [-0.2, 0) is 19.1 Å². The zero-order valence-corrected chi connectivity index (χ0v) is 7.48. The fraction of sp³-hybridized carbons (Fsp3) is 0.625. The Morgan fingerprint density at radius 1 is 1.54 bits per heavy atom. The third-order valence-corrected chi connectivity index (χ3v) is 1.62. The highest BCUT2D eigenvalue weighted by molar-refractivity contribution is 5.92. The summed E-state index contributed by atoms with van der Waals surface area (Å²) in [5, 5.41) is 10.3. The minimum Gasteiger partial charge on any atom is -0.550 e. The van der Waals surface area contributed by atoms with E-state index in [1.54, 1.807) is 6.92 Å². The summed E-state index contributed by atoms with van der Waals surface area (Å²) in [6.07, 6.45) is 0.262. The van der Waals surface area contributed by atoms with Crippen molar-refractivity contribution in [1.29, 1.82) is 0 Å². The van der Waals surface area contributed by atoms with E-state index in [-0.39, 0.29) is 12.9 Å². The second kappa shape index (κ2) is 5.29. The van der Waals surface area contributed by atoms with Crippen molar-refractivity contribution in [1.82, 2.24) is 0 Å². The zero-order chi connectivity index (χ0) is 10.4. The van der Waals surface area contributed by atoms with Gasteiger partial charge in [-0.1, -0.05) is 6.92 Å². The SMILES string of the molecule is CCOC(=O)C(C=O)C(C)C(=O)[O-]. The summed E-state index contributed by atoms with van der Waals surface area (Å²) in [6.45, 7) is 2.91. The molecule has 2 unspecified atom stereocenters. The Morgan fingerprint density at radius 2 is 2.08 bits per heavy atom. The van der Waals surface area contributed by atoms with Crippen LogP contribution in [0.1, 0.15) is 13.8 Å². The van der Waals surface area contributed by atoms with Crippen molar-refractivity contribution in [3.8, 4) is 0 Å². The summed E-state index contributed by atoms with van der Waals surface area (Å²) in [7, 11) is 0. The summed E-state index contributed by atoms with van der Waals surface area (Å²) in [5.74, 6) is -4.69. The Hall–Kier alpha value is -1.39. The summed E-state index contributed by atoms with van der Waals surface area (Å²) in [5.41, 5.74) is 0. The van der Waals surface area contributed by atoms with E-state index >= 15 is 0 Å². The van der Waals surface area contributed by atoms with Crippen LogP contribution in [0.2, 0.25) is 0 Å². The van der Waals surface area contributed by atoms with Gasteiger partial charge in [-0.15, -0.1) is 0 Å². The lowest BCUT2D eigenvalue weighted by atomic mass is 9.96. The van der Waals surface area contributed by atoms with Gasteiger partial charge in [0, 0.05) is 11.9 Å². The molecule has 5 heteroatoms. The summed E-state index contributed by atoms with van der Waals surface area (Å²) in [6, 6.07) is 0. The number of carbonyl (C=O) groups is 3. The molecule has 0 heterocycles. The molecule has 5 nitrogen and oxygen atoms in total. The van der Waals surface area contributed by atoms with Crippen LogP contribution < -0.4 is 5.11 Å². The summed E-state index contributed by atoms with van der Waals surface area (Å²) >= 11 is 0. The molecule has 0 aliphatic carbocycles. The Labute approximate surface area is 75.7 Å². The maximum absolute atomic E-state index is 11.0. The predicted molar refractivity (Wildman–Crippen MR) is 40.4 cm³/mol. The van der Waals surface area contributed by atoms with Crippen LogP contribution in [0.5, 0.6) is 0 Å². The van der Waals surface area contributed by atoms with E-state index in [9.17, 15) is 19.5 Å². The third-order valence-electron chi connectivity index (χ3n) is 1.62. The Bertz CT molecular complexity index is 211. The van der Waals surface area contributed by atoms with E-state index in [4.69, 9.17) is 0 Å². The number of carboxylic acid groups (broad SMARTS) is 1. The molecule has 0 aliphatic rings. The van der Waals surface area contributed by atoms with Gasteiger partial charge < -0.3 is 19.4 Å². The molecule has 0 rings (SSSR count). The first-order valence-electron chi connectivity index (χ1n) is 3.87. The standard InChI is InChI=1S/C8H12O5/c1-3-13-8(12)6(4-9)5(2)7(10)11/h4-6H,3H2,1-2H3,(H,10,11)/p-1. The van der Waals surface area contributed by atoms with E-state index in [1.165, 1.54) is 6.92 Å². The van der Waals surface area contributed by atoms with Gasteiger partial charge >= 0.3 is 5.97 Å². The van der Waals surface area contributed by atoms with Crippen molar-refractivity contribution < 1.29 is 24.2 Å². The summed E-state index contributed by atoms with van der Waals surface area (Å²) in [4.78, 5) is 31.7. The van der Waals surface area contributed by atoms with E-state index in [0.29, 0.717) is 0 Å². The first kappa shape index (κ1) is 11.6. The highest BCUT2D eigenvalue weighted by Gasteiger charge is 2.26. The van der Waals surface area contributed by atoms with Crippen LogP contribution in [-0.4, -0.2) is 24.8 Å². The van der Waals surface area contributed by atoms with Crippen LogP contribution in [0.15, 0.2) is 0 Å². The predicted octanol–water partition coefficient (Wildman–Crippen LogP) is -1.25. The van der Waals surface area contributed by atoms with E-state index in [1.807, 2.05) is 0 Å². The lowest BCUT2D eigenvalue weighted by Crippen LogP contribution is -2.38. The normalized spacial score (nSPS) is 14.3. The van der Waals surface area contributed by atoms with Crippen LogP contribution in [0.3, 0.4) is 0 Å². The molecule has 0 N–H and O–H groups in total. The molecule has 0 aliphatic heterocycles. The molecular weight excluding hydrogens is 176 g/mol. The highest BCUT2D eigenvalue weighted by atomic mass is 16.5. The molecule has 0 amide bonds. The number of esters is 1. The number of carboxylic acids is 1. The first-order valence-corrected chi connectivity index (χ1v) is 3.87. The van der Waals surface area contributed by atoms with Crippen LogP contribution in [0.25, 0.3) is 0 Å². The average molecular weight is 187 g/mol. The number of hydrogen-bond acceptors (Lipinski definition) is 5. The highest BCUT2D eigenvalue weighted by Crippen LogP contribution is 2.10. The second-order valence-corrected chi connectivity index (χ2v) is 2.52.